The van der Waals surface area contributed by atoms with Crippen molar-refractivity contribution in [2.45, 2.75) is 65.2 Å². The number of ketones is 1. The summed E-state index contributed by atoms with van der Waals surface area (Å²) in [4.78, 5) is 24.1. The Kier molecular flexibility index (Phi) is 9.91. The molecule has 0 unspecified atom stereocenters. The number of hydrogen-bond acceptors (Lipinski definition) is 3. The minimum absolute atomic E-state index is 0.0322. The van der Waals surface area contributed by atoms with E-state index >= 15 is 0 Å². The van der Waals surface area contributed by atoms with E-state index in [4.69, 9.17) is 4.74 Å². The molecular formula is C26H32O3. The Labute approximate surface area is 174 Å². The highest BCUT2D eigenvalue weighted by atomic mass is 16.5. The van der Waals surface area contributed by atoms with E-state index in [1.54, 1.807) is 24.3 Å². The molecule has 0 bridgehead atoms. The Balaban J connectivity index is 1.73. The zero-order chi connectivity index (χ0) is 20.9. The average molecular weight is 393 g/mol. The number of hydrogen-bond donors (Lipinski definition) is 0. The number of aryl methyl sites for hydroxylation is 1. The first kappa shape index (κ1) is 22.6. The van der Waals surface area contributed by atoms with Crippen LogP contribution in [0, 0.1) is 6.92 Å². The molecule has 29 heavy (non-hydrogen) atoms. The fourth-order valence-electron chi connectivity index (χ4n) is 3.04. The van der Waals surface area contributed by atoms with E-state index in [9.17, 15) is 9.59 Å². The van der Waals surface area contributed by atoms with Gasteiger partial charge in [0.15, 0.2) is 5.78 Å². The zero-order valence-electron chi connectivity index (χ0n) is 17.7. The van der Waals surface area contributed by atoms with Crippen LogP contribution in [0.1, 0.15) is 79.8 Å². The van der Waals surface area contributed by atoms with Gasteiger partial charge in [0.2, 0.25) is 0 Å². The largest absolute Gasteiger partial charge is 0.427 e. The van der Waals surface area contributed by atoms with Crippen molar-refractivity contribution in [2.24, 2.45) is 0 Å². The van der Waals surface area contributed by atoms with Crippen molar-refractivity contribution in [3.8, 4) is 5.75 Å². The van der Waals surface area contributed by atoms with Crippen LogP contribution in [0.4, 0.5) is 0 Å². The first-order valence-electron chi connectivity index (χ1n) is 10.7. The molecule has 0 fully saturated rings. The van der Waals surface area contributed by atoms with Gasteiger partial charge in [-0.3, -0.25) is 9.59 Å². The highest BCUT2D eigenvalue weighted by Crippen LogP contribution is 2.16. The third-order valence-electron chi connectivity index (χ3n) is 4.86. The van der Waals surface area contributed by atoms with Crippen molar-refractivity contribution in [2.75, 3.05) is 0 Å². The standard InChI is InChI=1S/C26H32O3/c1-3-4-5-6-7-8-9-10-26(28)29-24-18-13-22(14-19-24)15-20-25(27)23-16-11-21(2)12-17-23/h11-20H,3-10H2,1-2H3/b20-15+. The summed E-state index contributed by atoms with van der Waals surface area (Å²) in [7, 11) is 0. The van der Waals surface area contributed by atoms with Gasteiger partial charge in [-0.05, 0) is 37.1 Å². The van der Waals surface area contributed by atoms with Crippen LogP contribution in [0.25, 0.3) is 6.08 Å². The molecule has 0 saturated heterocycles. The summed E-state index contributed by atoms with van der Waals surface area (Å²) in [5.74, 6) is 0.326. The lowest BCUT2D eigenvalue weighted by Gasteiger charge is -2.05. The zero-order valence-corrected chi connectivity index (χ0v) is 17.7. The van der Waals surface area contributed by atoms with Gasteiger partial charge in [0, 0.05) is 12.0 Å². The quantitative estimate of drug-likeness (QED) is 0.129. The Hall–Kier alpha value is -2.68. The molecule has 2 rings (SSSR count). The van der Waals surface area contributed by atoms with Crippen molar-refractivity contribution < 1.29 is 14.3 Å². The maximum atomic E-state index is 12.2. The maximum absolute atomic E-state index is 12.2. The van der Waals surface area contributed by atoms with Crippen molar-refractivity contribution >= 4 is 17.8 Å². The predicted molar refractivity (Wildman–Crippen MR) is 119 cm³/mol. The SMILES string of the molecule is CCCCCCCCCC(=O)Oc1ccc(/C=C/C(=O)c2ccc(C)cc2)cc1. The first-order valence-corrected chi connectivity index (χ1v) is 10.7. The first-order chi connectivity index (χ1) is 14.1. The molecule has 0 aliphatic rings. The number of esters is 1. The average Bonchev–Trinajstić information content (AvgIpc) is 2.73. The van der Waals surface area contributed by atoms with E-state index in [-0.39, 0.29) is 11.8 Å². The Bertz CT molecular complexity index is 786. The van der Waals surface area contributed by atoms with Gasteiger partial charge in [-0.1, -0.05) is 93.5 Å². The predicted octanol–water partition coefficient (Wildman–Crippen LogP) is 6.94. The van der Waals surface area contributed by atoms with Crippen LogP contribution in [-0.4, -0.2) is 11.8 Å². The molecule has 0 heterocycles. The second-order valence-corrected chi connectivity index (χ2v) is 7.48. The lowest BCUT2D eigenvalue weighted by atomic mass is 10.1. The van der Waals surface area contributed by atoms with Gasteiger partial charge >= 0.3 is 5.97 Å². The molecule has 154 valence electrons. The third kappa shape index (κ3) is 8.91. The van der Waals surface area contributed by atoms with Crippen LogP contribution in [0.2, 0.25) is 0 Å². The molecule has 0 amide bonds. The number of benzene rings is 2. The van der Waals surface area contributed by atoms with Gasteiger partial charge in [0.05, 0.1) is 0 Å². The summed E-state index contributed by atoms with van der Waals surface area (Å²) in [6, 6.07) is 14.7. The number of rotatable bonds is 12. The van der Waals surface area contributed by atoms with Gasteiger partial charge in [0.25, 0.3) is 0 Å². The maximum Gasteiger partial charge on any atom is 0.311 e. The highest BCUT2D eigenvalue weighted by Gasteiger charge is 2.05. The molecule has 0 radical (unpaired) electrons. The molecule has 2 aromatic carbocycles. The Morgan fingerprint density at radius 1 is 0.828 bits per heavy atom. The van der Waals surface area contributed by atoms with E-state index in [0.29, 0.717) is 17.7 Å². The van der Waals surface area contributed by atoms with Crippen molar-refractivity contribution in [3.63, 3.8) is 0 Å². The number of carbonyl (C=O) groups excluding carboxylic acids is 2. The van der Waals surface area contributed by atoms with Gasteiger partial charge in [0.1, 0.15) is 5.75 Å². The number of unbranched alkanes of at least 4 members (excludes halogenated alkanes) is 6. The van der Waals surface area contributed by atoms with Crippen molar-refractivity contribution in [3.05, 3.63) is 71.3 Å². The van der Waals surface area contributed by atoms with Crippen LogP contribution in [0.5, 0.6) is 5.75 Å². The molecule has 0 atom stereocenters. The van der Waals surface area contributed by atoms with Crippen molar-refractivity contribution in [1.82, 2.24) is 0 Å². The summed E-state index contributed by atoms with van der Waals surface area (Å²) >= 11 is 0. The second-order valence-electron chi connectivity index (χ2n) is 7.48. The molecule has 0 N–H and O–H groups in total. The molecular weight excluding hydrogens is 360 g/mol. The normalized spacial score (nSPS) is 11.0. The van der Waals surface area contributed by atoms with E-state index in [1.807, 2.05) is 43.3 Å². The van der Waals surface area contributed by atoms with E-state index in [1.165, 1.54) is 32.1 Å². The minimum Gasteiger partial charge on any atom is -0.427 e. The summed E-state index contributed by atoms with van der Waals surface area (Å²) in [5, 5.41) is 0. The fourth-order valence-corrected chi connectivity index (χ4v) is 3.04. The molecule has 0 saturated carbocycles. The van der Waals surface area contributed by atoms with Gasteiger partial charge in [-0.25, -0.2) is 0 Å². The van der Waals surface area contributed by atoms with Crippen LogP contribution >= 0.6 is 0 Å². The topological polar surface area (TPSA) is 43.4 Å². The van der Waals surface area contributed by atoms with Crippen LogP contribution < -0.4 is 4.74 Å². The second kappa shape index (κ2) is 12.7. The smallest absolute Gasteiger partial charge is 0.311 e. The summed E-state index contributed by atoms with van der Waals surface area (Å²) < 4.78 is 5.39. The Morgan fingerprint density at radius 2 is 1.45 bits per heavy atom. The molecule has 0 aliphatic heterocycles. The monoisotopic (exact) mass is 392 g/mol. The van der Waals surface area contributed by atoms with Crippen molar-refractivity contribution in [1.29, 1.82) is 0 Å². The molecule has 0 aliphatic carbocycles. The lowest BCUT2D eigenvalue weighted by molar-refractivity contribution is -0.134. The molecule has 3 heteroatoms. The summed E-state index contributed by atoms with van der Waals surface area (Å²) in [6.07, 6.45) is 12.0. The van der Waals surface area contributed by atoms with Gasteiger partial charge in [-0.2, -0.15) is 0 Å². The lowest BCUT2D eigenvalue weighted by Crippen LogP contribution is -2.07. The van der Waals surface area contributed by atoms with Gasteiger partial charge < -0.3 is 4.74 Å². The van der Waals surface area contributed by atoms with Crippen LogP contribution in [-0.2, 0) is 4.79 Å². The van der Waals surface area contributed by atoms with Gasteiger partial charge in [-0.15, -0.1) is 0 Å². The summed E-state index contributed by atoms with van der Waals surface area (Å²) in [5.41, 5.74) is 2.68. The molecule has 0 spiro atoms. The van der Waals surface area contributed by atoms with E-state index in [2.05, 4.69) is 6.92 Å². The van der Waals surface area contributed by atoms with E-state index < -0.39 is 0 Å². The molecule has 3 nitrogen and oxygen atoms in total. The summed E-state index contributed by atoms with van der Waals surface area (Å²) in [6.45, 7) is 4.21. The third-order valence-corrected chi connectivity index (χ3v) is 4.86. The number of carbonyl (C=O) groups is 2. The van der Waals surface area contributed by atoms with Crippen LogP contribution in [0.15, 0.2) is 54.6 Å². The molecule has 0 aromatic heterocycles. The van der Waals surface area contributed by atoms with E-state index in [0.717, 1.165) is 24.0 Å². The minimum atomic E-state index is -0.184. The highest BCUT2D eigenvalue weighted by molar-refractivity contribution is 6.06. The fraction of sp³-hybridized carbons (Fsp3) is 0.385. The van der Waals surface area contributed by atoms with Crippen LogP contribution in [0.3, 0.4) is 0 Å². The molecule has 2 aromatic rings. The number of ether oxygens (including phenoxy) is 1. The number of allylic oxidation sites excluding steroid dienone is 1. The Morgan fingerprint density at radius 3 is 2.10 bits per heavy atom.